The Balaban J connectivity index is 1.75. The number of ether oxygens (including phenoxy) is 1. The summed E-state index contributed by atoms with van der Waals surface area (Å²) >= 11 is 0. The zero-order chi connectivity index (χ0) is 19.2. The number of aromatic nitrogens is 2. The average Bonchev–Trinajstić information content (AvgIpc) is 3.02. The molecule has 3 rings (SSSR count). The van der Waals surface area contributed by atoms with Crippen molar-refractivity contribution in [2.75, 3.05) is 13.2 Å². The van der Waals surface area contributed by atoms with E-state index in [1.165, 1.54) is 18.6 Å². The third-order valence-corrected chi connectivity index (χ3v) is 4.34. The number of cyclic esters (lactones) is 1. The monoisotopic (exact) mass is 370 g/mol. The average molecular weight is 370 g/mol. The van der Waals surface area contributed by atoms with Crippen molar-refractivity contribution < 1.29 is 19.2 Å². The molecule has 2 amide bonds. The summed E-state index contributed by atoms with van der Waals surface area (Å²) in [5.74, 6) is -1.29. The Kier molecular flexibility index (Phi) is 5.70. The van der Waals surface area contributed by atoms with E-state index in [1.807, 2.05) is 30.3 Å². The number of hydrogen-bond acceptors (Lipinski definition) is 7. The molecule has 1 aliphatic rings. The molecule has 2 aromatic rings. The molecular formula is C18H18N4O5. The molecule has 1 aliphatic heterocycles. The number of imide groups is 1. The zero-order valence-electron chi connectivity index (χ0n) is 14.4. The van der Waals surface area contributed by atoms with Gasteiger partial charge in [0, 0.05) is 29.9 Å². The van der Waals surface area contributed by atoms with E-state index in [9.17, 15) is 19.7 Å². The first kappa shape index (κ1) is 18.4. The molecule has 2 atom stereocenters. The second-order valence-electron chi connectivity index (χ2n) is 6.23. The van der Waals surface area contributed by atoms with Crippen molar-refractivity contribution in [3.05, 3.63) is 70.3 Å². The molecule has 0 saturated carbocycles. The number of benzene rings is 1. The molecule has 0 radical (unpaired) electrons. The van der Waals surface area contributed by atoms with Crippen LogP contribution in [0.25, 0.3) is 0 Å². The van der Waals surface area contributed by atoms with E-state index in [4.69, 9.17) is 4.74 Å². The van der Waals surface area contributed by atoms with Crippen LogP contribution in [0.3, 0.4) is 0 Å². The van der Waals surface area contributed by atoms with E-state index in [1.54, 1.807) is 0 Å². The summed E-state index contributed by atoms with van der Waals surface area (Å²) in [6, 6.07) is 9.00. The van der Waals surface area contributed by atoms with Crippen LogP contribution in [0.5, 0.6) is 0 Å². The molecule has 0 bridgehead atoms. The Morgan fingerprint density at radius 3 is 2.78 bits per heavy atom. The maximum absolute atomic E-state index is 12.8. The Hall–Kier alpha value is -3.36. The number of amides is 2. The van der Waals surface area contributed by atoms with Gasteiger partial charge in [-0.05, 0) is 12.0 Å². The van der Waals surface area contributed by atoms with Gasteiger partial charge in [0.05, 0.1) is 17.7 Å². The quantitative estimate of drug-likeness (QED) is 0.539. The van der Waals surface area contributed by atoms with Crippen molar-refractivity contribution in [3.63, 3.8) is 0 Å². The smallest absolute Gasteiger partial charge is 0.416 e. The highest BCUT2D eigenvalue weighted by atomic mass is 16.6. The second-order valence-corrected chi connectivity index (χ2v) is 6.23. The van der Waals surface area contributed by atoms with Gasteiger partial charge in [0.15, 0.2) is 0 Å². The number of carbonyl (C=O) groups is 2. The van der Waals surface area contributed by atoms with Crippen LogP contribution in [0.2, 0.25) is 0 Å². The van der Waals surface area contributed by atoms with Crippen LogP contribution in [0.15, 0.2) is 48.9 Å². The Morgan fingerprint density at radius 1 is 1.33 bits per heavy atom. The van der Waals surface area contributed by atoms with Crippen molar-refractivity contribution in [2.24, 2.45) is 0 Å². The lowest BCUT2D eigenvalue weighted by Gasteiger charge is -2.21. The van der Waals surface area contributed by atoms with Gasteiger partial charge in [-0.2, -0.15) is 0 Å². The fourth-order valence-electron chi connectivity index (χ4n) is 3.08. The minimum Gasteiger partial charge on any atom is -0.447 e. The van der Waals surface area contributed by atoms with E-state index in [2.05, 4.69) is 9.97 Å². The standard InChI is InChI=1S/C18H18N4O5/c23-17(9-14(11-21(25)26)16-10-19-6-7-20-16)22-15(12-27-18(22)24)8-13-4-2-1-3-5-13/h1-7,10,14-15H,8-9,11-12H2. The van der Waals surface area contributed by atoms with Gasteiger partial charge in [-0.1, -0.05) is 30.3 Å². The number of carbonyl (C=O) groups excluding carboxylic acids is 2. The normalized spacial score (nSPS) is 17.4. The first-order valence-corrected chi connectivity index (χ1v) is 8.45. The van der Waals surface area contributed by atoms with Gasteiger partial charge in [0.2, 0.25) is 12.5 Å². The summed E-state index contributed by atoms with van der Waals surface area (Å²) in [6.45, 7) is -0.374. The van der Waals surface area contributed by atoms with Crippen LogP contribution in [-0.2, 0) is 16.0 Å². The fourth-order valence-corrected chi connectivity index (χ4v) is 3.08. The molecular weight excluding hydrogens is 352 g/mol. The van der Waals surface area contributed by atoms with Crippen molar-refractivity contribution >= 4 is 12.0 Å². The van der Waals surface area contributed by atoms with Gasteiger partial charge in [0.1, 0.15) is 6.61 Å². The predicted octanol–water partition coefficient (Wildman–Crippen LogP) is 1.82. The Labute approximate surface area is 155 Å². The lowest BCUT2D eigenvalue weighted by molar-refractivity contribution is -0.483. The highest BCUT2D eigenvalue weighted by Crippen LogP contribution is 2.23. The molecule has 1 aromatic heterocycles. The fraction of sp³-hybridized carbons (Fsp3) is 0.333. The van der Waals surface area contributed by atoms with E-state index in [0.717, 1.165) is 10.5 Å². The van der Waals surface area contributed by atoms with Gasteiger partial charge in [-0.25, -0.2) is 9.69 Å². The summed E-state index contributed by atoms with van der Waals surface area (Å²) in [5, 5.41) is 11.0. The molecule has 0 aliphatic carbocycles. The molecule has 1 fully saturated rings. The summed E-state index contributed by atoms with van der Waals surface area (Å²) < 4.78 is 5.04. The van der Waals surface area contributed by atoms with Gasteiger partial charge in [0.25, 0.3) is 0 Å². The van der Waals surface area contributed by atoms with Crippen molar-refractivity contribution in [2.45, 2.75) is 24.8 Å². The predicted molar refractivity (Wildman–Crippen MR) is 93.4 cm³/mol. The summed E-state index contributed by atoms with van der Waals surface area (Å²) in [5.41, 5.74) is 1.31. The largest absolute Gasteiger partial charge is 0.447 e. The highest BCUT2D eigenvalue weighted by Gasteiger charge is 2.39. The topological polar surface area (TPSA) is 116 Å². The lowest BCUT2D eigenvalue weighted by Crippen LogP contribution is -2.41. The van der Waals surface area contributed by atoms with Crippen LogP contribution in [0, 0.1) is 10.1 Å². The van der Waals surface area contributed by atoms with Crippen molar-refractivity contribution in [1.82, 2.24) is 14.9 Å². The van der Waals surface area contributed by atoms with Crippen molar-refractivity contribution in [1.29, 1.82) is 0 Å². The van der Waals surface area contributed by atoms with E-state index >= 15 is 0 Å². The van der Waals surface area contributed by atoms with Gasteiger partial charge < -0.3 is 4.74 Å². The van der Waals surface area contributed by atoms with E-state index in [0.29, 0.717) is 12.1 Å². The maximum Gasteiger partial charge on any atom is 0.416 e. The minimum absolute atomic E-state index is 0.102. The molecule has 0 N–H and O–H groups in total. The van der Waals surface area contributed by atoms with Crippen LogP contribution in [0.1, 0.15) is 23.6 Å². The van der Waals surface area contributed by atoms with Crippen LogP contribution < -0.4 is 0 Å². The van der Waals surface area contributed by atoms with E-state index in [-0.39, 0.29) is 13.0 Å². The first-order chi connectivity index (χ1) is 13.0. The number of nitro groups is 1. The molecule has 1 saturated heterocycles. The third kappa shape index (κ3) is 4.63. The number of rotatable bonds is 7. The molecule has 27 heavy (non-hydrogen) atoms. The van der Waals surface area contributed by atoms with Gasteiger partial charge in [-0.15, -0.1) is 0 Å². The van der Waals surface area contributed by atoms with Crippen LogP contribution >= 0.6 is 0 Å². The van der Waals surface area contributed by atoms with E-state index < -0.39 is 35.4 Å². The summed E-state index contributed by atoms with van der Waals surface area (Å²) in [4.78, 5) is 44.4. The van der Waals surface area contributed by atoms with Crippen LogP contribution in [0.4, 0.5) is 4.79 Å². The van der Waals surface area contributed by atoms with Gasteiger partial charge >= 0.3 is 6.09 Å². The molecule has 2 unspecified atom stereocenters. The van der Waals surface area contributed by atoms with Crippen molar-refractivity contribution in [3.8, 4) is 0 Å². The molecule has 0 spiro atoms. The third-order valence-electron chi connectivity index (χ3n) is 4.34. The maximum atomic E-state index is 12.8. The molecule has 140 valence electrons. The molecule has 1 aromatic carbocycles. The molecule has 9 nitrogen and oxygen atoms in total. The lowest BCUT2D eigenvalue weighted by atomic mass is 9.99. The van der Waals surface area contributed by atoms with Gasteiger partial charge in [-0.3, -0.25) is 24.9 Å². The zero-order valence-corrected chi connectivity index (χ0v) is 14.4. The first-order valence-electron chi connectivity index (χ1n) is 8.45. The van der Waals surface area contributed by atoms with Crippen LogP contribution in [-0.4, -0.2) is 51.0 Å². The minimum atomic E-state index is -0.771. The molecule has 9 heteroatoms. The Bertz CT molecular complexity index is 815. The SMILES string of the molecule is O=C(CC(C[N+](=O)[O-])c1cnccn1)N1C(=O)OCC1Cc1ccccc1. The number of hydrogen-bond donors (Lipinski definition) is 0. The Morgan fingerprint density at radius 2 is 2.11 bits per heavy atom. The summed E-state index contributed by atoms with van der Waals surface area (Å²) in [6.07, 6.45) is 3.77. The highest BCUT2D eigenvalue weighted by molar-refractivity contribution is 5.93. The molecule has 2 heterocycles. The summed E-state index contributed by atoms with van der Waals surface area (Å²) in [7, 11) is 0. The second kappa shape index (κ2) is 8.35. The number of nitrogens with zero attached hydrogens (tertiary/aromatic N) is 4.